The largest absolute Gasteiger partial charge is 0.396 e. The fraction of sp³-hybridized carbons (Fsp3) is 0.875. The summed E-state index contributed by atoms with van der Waals surface area (Å²) in [5, 5.41) is 11.6. The smallest absolute Gasteiger partial charge is 0.223 e. The number of amides is 1. The number of aliphatic hydroxyl groups is 1. The molecule has 2 atom stereocenters. The molecule has 2 rings (SSSR count). The summed E-state index contributed by atoms with van der Waals surface area (Å²) in [6.07, 6.45) is 3.08. The van der Waals surface area contributed by atoms with Crippen molar-refractivity contribution >= 4 is 5.91 Å². The third kappa shape index (κ3) is 1.53. The maximum atomic E-state index is 11.1. The number of aliphatic hydroxyl groups excluding tert-OH is 1. The van der Waals surface area contributed by atoms with E-state index in [0.717, 1.165) is 19.3 Å². The van der Waals surface area contributed by atoms with Gasteiger partial charge in [-0.1, -0.05) is 0 Å². The minimum atomic E-state index is 0.200. The Morgan fingerprint density at radius 1 is 1.55 bits per heavy atom. The Labute approximate surface area is 65.8 Å². The average molecular weight is 155 g/mol. The van der Waals surface area contributed by atoms with Crippen molar-refractivity contribution in [1.82, 2.24) is 5.32 Å². The van der Waals surface area contributed by atoms with Crippen molar-refractivity contribution in [2.45, 2.75) is 25.3 Å². The van der Waals surface area contributed by atoms with Gasteiger partial charge in [-0.2, -0.15) is 0 Å². The first kappa shape index (κ1) is 7.10. The highest BCUT2D eigenvalue weighted by atomic mass is 16.3. The summed E-state index contributed by atoms with van der Waals surface area (Å²) in [4.78, 5) is 11.1. The fourth-order valence-electron chi connectivity index (χ4n) is 1.27. The van der Waals surface area contributed by atoms with Crippen molar-refractivity contribution in [1.29, 1.82) is 0 Å². The van der Waals surface area contributed by atoms with Crippen LogP contribution < -0.4 is 5.32 Å². The summed E-state index contributed by atoms with van der Waals surface area (Å²) >= 11 is 0. The highest BCUT2D eigenvalue weighted by molar-refractivity contribution is 5.81. The Bertz CT molecular complexity index is 177. The van der Waals surface area contributed by atoms with E-state index in [4.69, 9.17) is 5.11 Å². The molecular formula is C8H13NO2. The second kappa shape index (κ2) is 2.48. The Hall–Kier alpha value is -0.570. The lowest BCUT2D eigenvalue weighted by molar-refractivity contribution is -0.122. The predicted molar refractivity (Wildman–Crippen MR) is 39.8 cm³/mol. The van der Waals surface area contributed by atoms with Crippen LogP contribution in [0, 0.1) is 11.8 Å². The van der Waals surface area contributed by atoms with Crippen LogP contribution in [0.15, 0.2) is 0 Å². The van der Waals surface area contributed by atoms with Crippen molar-refractivity contribution in [3.63, 3.8) is 0 Å². The van der Waals surface area contributed by atoms with Gasteiger partial charge in [0.25, 0.3) is 0 Å². The standard InChI is InChI=1S/C8H13NO2/c10-4-6-3-7(6)9-8(11)5-1-2-5/h5-7,10H,1-4H2,(H,9,11)/t6-,7+/m0/s1. The summed E-state index contributed by atoms with van der Waals surface area (Å²) < 4.78 is 0. The SMILES string of the molecule is O=C(N[C@@H]1C[C@H]1CO)C1CC1. The number of hydrogen-bond donors (Lipinski definition) is 2. The molecule has 3 nitrogen and oxygen atoms in total. The van der Waals surface area contributed by atoms with Crippen LogP contribution in [-0.4, -0.2) is 23.7 Å². The lowest BCUT2D eigenvalue weighted by Crippen LogP contribution is -2.28. The number of hydrogen-bond acceptors (Lipinski definition) is 2. The molecule has 0 heterocycles. The zero-order valence-corrected chi connectivity index (χ0v) is 6.42. The topological polar surface area (TPSA) is 49.3 Å². The van der Waals surface area contributed by atoms with Gasteiger partial charge in [0.05, 0.1) is 0 Å². The molecule has 0 aromatic rings. The van der Waals surface area contributed by atoms with Gasteiger partial charge in [0.1, 0.15) is 0 Å². The molecule has 11 heavy (non-hydrogen) atoms. The highest BCUT2D eigenvalue weighted by Gasteiger charge is 2.40. The normalized spacial score (nSPS) is 35.0. The molecule has 2 aliphatic carbocycles. The van der Waals surface area contributed by atoms with E-state index < -0.39 is 0 Å². The molecule has 1 amide bonds. The van der Waals surface area contributed by atoms with Gasteiger partial charge >= 0.3 is 0 Å². The van der Waals surface area contributed by atoms with Gasteiger partial charge in [-0.25, -0.2) is 0 Å². The molecule has 0 saturated heterocycles. The van der Waals surface area contributed by atoms with Crippen LogP contribution in [0.3, 0.4) is 0 Å². The quantitative estimate of drug-likeness (QED) is 0.597. The zero-order valence-electron chi connectivity index (χ0n) is 6.42. The van der Waals surface area contributed by atoms with Crippen molar-refractivity contribution in [3.05, 3.63) is 0 Å². The summed E-state index contributed by atoms with van der Waals surface area (Å²) in [6.45, 7) is 0.218. The van der Waals surface area contributed by atoms with Crippen LogP contribution in [-0.2, 0) is 4.79 Å². The molecule has 0 aliphatic heterocycles. The Balaban J connectivity index is 1.70. The van der Waals surface area contributed by atoms with Crippen molar-refractivity contribution in [3.8, 4) is 0 Å². The second-order valence-electron chi connectivity index (χ2n) is 3.57. The summed E-state index contributed by atoms with van der Waals surface area (Å²) in [5.74, 6) is 0.846. The number of carbonyl (C=O) groups excluding carboxylic acids is 1. The second-order valence-corrected chi connectivity index (χ2v) is 3.57. The first-order valence-electron chi connectivity index (χ1n) is 4.22. The van der Waals surface area contributed by atoms with Crippen LogP contribution in [0.4, 0.5) is 0 Å². The number of nitrogens with one attached hydrogen (secondary N) is 1. The first-order chi connectivity index (χ1) is 5.31. The summed E-state index contributed by atoms with van der Waals surface area (Å²) in [5.41, 5.74) is 0. The van der Waals surface area contributed by atoms with Crippen LogP contribution >= 0.6 is 0 Å². The molecule has 62 valence electrons. The lowest BCUT2D eigenvalue weighted by atomic mass is 10.4. The maximum absolute atomic E-state index is 11.1. The third-order valence-electron chi connectivity index (χ3n) is 2.43. The summed E-state index contributed by atoms with van der Waals surface area (Å²) in [7, 11) is 0. The van der Waals surface area contributed by atoms with Crippen molar-refractivity contribution in [2.24, 2.45) is 11.8 Å². The van der Waals surface area contributed by atoms with Gasteiger partial charge in [0.15, 0.2) is 0 Å². The van der Waals surface area contributed by atoms with Crippen molar-refractivity contribution in [2.75, 3.05) is 6.61 Å². The molecule has 0 aromatic heterocycles. The Kier molecular flexibility index (Phi) is 1.60. The molecule has 0 spiro atoms. The van der Waals surface area contributed by atoms with Gasteiger partial charge in [0.2, 0.25) is 5.91 Å². The van der Waals surface area contributed by atoms with Gasteiger partial charge in [-0.05, 0) is 19.3 Å². The molecule has 0 unspecified atom stereocenters. The van der Waals surface area contributed by atoms with Crippen LogP contribution in [0.1, 0.15) is 19.3 Å². The van der Waals surface area contributed by atoms with Crippen LogP contribution in [0.2, 0.25) is 0 Å². The number of rotatable bonds is 3. The van der Waals surface area contributed by atoms with Crippen molar-refractivity contribution < 1.29 is 9.90 Å². The Morgan fingerprint density at radius 3 is 2.73 bits per heavy atom. The molecule has 3 heteroatoms. The third-order valence-corrected chi connectivity index (χ3v) is 2.43. The minimum Gasteiger partial charge on any atom is -0.396 e. The average Bonchev–Trinajstić information content (AvgIpc) is 2.84. The van der Waals surface area contributed by atoms with E-state index >= 15 is 0 Å². The molecule has 0 aromatic carbocycles. The monoisotopic (exact) mass is 155 g/mol. The molecular weight excluding hydrogens is 142 g/mol. The molecule has 2 saturated carbocycles. The van der Waals surface area contributed by atoms with Gasteiger partial charge in [-0.3, -0.25) is 4.79 Å². The first-order valence-corrected chi connectivity index (χ1v) is 4.22. The lowest BCUT2D eigenvalue weighted by Gasteiger charge is -2.00. The van der Waals surface area contributed by atoms with E-state index in [1.54, 1.807) is 0 Å². The maximum Gasteiger partial charge on any atom is 0.223 e. The van der Waals surface area contributed by atoms with E-state index in [9.17, 15) is 4.79 Å². The Morgan fingerprint density at radius 2 is 2.27 bits per heavy atom. The molecule has 2 N–H and O–H groups in total. The van der Waals surface area contributed by atoms with E-state index in [-0.39, 0.29) is 18.6 Å². The molecule has 0 radical (unpaired) electrons. The van der Waals surface area contributed by atoms with Crippen LogP contribution in [0.25, 0.3) is 0 Å². The predicted octanol–water partition coefficient (Wildman–Crippen LogP) is -0.107. The van der Waals surface area contributed by atoms with E-state index in [1.165, 1.54) is 0 Å². The van der Waals surface area contributed by atoms with Gasteiger partial charge < -0.3 is 10.4 Å². The molecule has 0 bridgehead atoms. The molecule has 2 aliphatic rings. The highest BCUT2D eigenvalue weighted by Crippen LogP contribution is 2.33. The zero-order chi connectivity index (χ0) is 7.84. The number of carbonyl (C=O) groups is 1. The van der Waals surface area contributed by atoms with Gasteiger partial charge in [0, 0.05) is 24.5 Å². The fourth-order valence-corrected chi connectivity index (χ4v) is 1.27. The van der Waals surface area contributed by atoms with E-state index in [0.29, 0.717) is 11.8 Å². The molecule has 2 fully saturated rings. The summed E-state index contributed by atoms with van der Waals surface area (Å²) in [6, 6.07) is 0.285. The minimum absolute atomic E-state index is 0.200. The van der Waals surface area contributed by atoms with E-state index in [2.05, 4.69) is 5.32 Å². The van der Waals surface area contributed by atoms with Crippen LogP contribution in [0.5, 0.6) is 0 Å². The van der Waals surface area contributed by atoms with Gasteiger partial charge in [-0.15, -0.1) is 0 Å². The van der Waals surface area contributed by atoms with E-state index in [1.807, 2.05) is 0 Å².